The minimum atomic E-state index is -1.42. The summed E-state index contributed by atoms with van der Waals surface area (Å²) < 4.78 is 4.65. The molecule has 1 aromatic rings. The van der Waals surface area contributed by atoms with Gasteiger partial charge in [0.25, 0.3) is 0 Å². The fourth-order valence-electron chi connectivity index (χ4n) is 1.22. The van der Waals surface area contributed by atoms with E-state index in [9.17, 15) is 9.59 Å². The summed E-state index contributed by atoms with van der Waals surface area (Å²) in [6.45, 7) is 1.74. The van der Waals surface area contributed by atoms with E-state index in [0.717, 1.165) is 0 Å². The Balaban J connectivity index is 2.91. The maximum Gasteiger partial charge on any atom is 0.331 e. The molecular weight excluding hydrogens is 242 g/mol. The molecule has 4 nitrogen and oxygen atoms in total. The van der Waals surface area contributed by atoms with Crippen LogP contribution in [0.1, 0.15) is 17.3 Å². The summed E-state index contributed by atoms with van der Waals surface area (Å²) in [6.07, 6.45) is 0. The first-order valence-electron chi connectivity index (χ1n) is 4.96. The monoisotopic (exact) mass is 251 g/mol. The van der Waals surface area contributed by atoms with Gasteiger partial charge < -0.3 is 4.74 Å². The molecule has 17 heavy (non-hydrogen) atoms. The highest BCUT2D eigenvalue weighted by molar-refractivity contribution is 6.30. The van der Waals surface area contributed by atoms with Gasteiger partial charge in [0.05, 0.1) is 12.7 Å². The van der Waals surface area contributed by atoms with Crippen molar-refractivity contribution in [2.75, 3.05) is 6.61 Å². The van der Waals surface area contributed by atoms with Gasteiger partial charge in [-0.2, -0.15) is 5.26 Å². The fourth-order valence-corrected chi connectivity index (χ4v) is 1.35. The second-order valence-corrected chi connectivity index (χ2v) is 3.62. The van der Waals surface area contributed by atoms with Crippen LogP contribution >= 0.6 is 11.6 Å². The van der Waals surface area contributed by atoms with Gasteiger partial charge in [0.15, 0.2) is 5.78 Å². The number of esters is 1. The minimum Gasteiger partial charge on any atom is -0.465 e. The molecule has 0 fully saturated rings. The van der Waals surface area contributed by atoms with Crippen LogP contribution in [0.4, 0.5) is 0 Å². The molecule has 0 radical (unpaired) electrons. The van der Waals surface area contributed by atoms with Crippen LogP contribution in [0.5, 0.6) is 0 Å². The van der Waals surface area contributed by atoms with Crippen LogP contribution in [0.2, 0.25) is 5.02 Å². The summed E-state index contributed by atoms with van der Waals surface area (Å²) in [5.41, 5.74) is 0.258. The van der Waals surface area contributed by atoms with E-state index in [0.29, 0.717) is 5.02 Å². The topological polar surface area (TPSA) is 67.2 Å². The average molecular weight is 252 g/mol. The van der Waals surface area contributed by atoms with Crippen LogP contribution in [-0.2, 0) is 9.53 Å². The van der Waals surface area contributed by atoms with Crippen molar-refractivity contribution in [2.45, 2.75) is 6.92 Å². The molecule has 0 saturated carbocycles. The molecule has 0 aromatic heterocycles. The van der Waals surface area contributed by atoms with Crippen molar-refractivity contribution in [3.63, 3.8) is 0 Å². The van der Waals surface area contributed by atoms with Crippen molar-refractivity contribution >= 4 is 23.4 Å². The highest BCUT2D eigenvalue weighted by atomic mass is 35.5. The van der Waals surface area contributed by atoms with E-state index < -0.39 is 17.7 Å². The lowest BCUT2D eigenvalue weighted by Crippen LogP contribution is -2.24. The highest BCUT2D eigenvalue weighted by Crippen LogP contribution is 2.14. The molecule has 0 aliphatic rings. The van der Waals surface area contributed by atoms with Crippen LogP contribution < -0.4 is 0 Å². The summed E-state index contributed by atoms with van der Waals surface area (Å²) >= 11 is 5.67. The highest BCUT2D eigenvalue weighted by Gasteiger charge is 2.28. The van der Waals surface area contributed by atoms with Gasteiger partial charge in [0.2, 0.25) is 5.92 Å². The predicted octanol–water partition coefficient (Wildman–Crippen LogP) is 2.23. The average Bonchev–Trinajstić information content (AvgIpc) is 2.31. The number of nitriles is 1. The van der Waals surface area contributed by atoms with Crippen LogP contribution in [0.3, 0.4) is 0 Å². The Hall–Kier alpha value is -1.86. The molecule has 0 heterocycles. The molecule has 0 N–H and O–H groups in total. The number of Topliss-reactive ketones (excluding diaryl/α,β-unsaturated/α-hetero) is 1. The van der Waals surface area contributed by atoms with Crippen molar-refractivity contribution in [1.82, 2.24) is 0 Å². The Kier molecular flexibility index (Phi) is 4.68. The smallest absolute Gasteiger partial charge is 0.331 e. The molecule has 0 amide bonds. The molecule has 88 valence electrons. The number of carbonyl (C=O) groups is 2. The number of halogens is 1. The zero-order chi connectivity index (χ0) is 12.8. The van der Waals surface area contributed by atoms with Gasteiger partial charge in [-0.1, -0.05) is 11.6 Å². The molecule has 0 aliphatic heterocycles. The van der Waals surface area contributed by atoms with E-state index in [1.165, 1.54) is 24.3 Å². The van der Waals surface area contributed by atoms with Crippen molar-refractivity contribution in [2.24, 2.45) is 5.92 Å². The number of ether oxygens (including phenoxy) is 1. The first-order chi connectivity index (χ1) is 8.10. The molecule has 0 aliphatic carbocycles. The third kappa shape index (κ3) is 3.30. The number of hydrogen-bond donors (Lipinski definition) is 0. The normalized spacial score (nSPS) is 11.4. The zero-order valence-electron chi connectivity index (χ0n) is 9.14. The van der Waals surface area contributed by atoms with E-state index in [1.807, 2.05) is 0 Å². The van der Waals surface area contributed by atoms with E-state index >= 15 is 0 Å². The summed E-state index contributed by atoms with van der Waals surface area (Å²) in [4.78, 5) is 23.2. The lowest BCUT2D eigenvalue weighted by Gasteiger charge is -2.07. The number of carbonyl (C=O) groups excluding carboxylic acids is 2. The second-order valence-electron chi connectivity index (χ2n) is 3.19. The van der Waals surface area contributed by atoms with Crippen LogP contribution in [-0.4, -0.2) is 18.4 Å². The Labute approximate surface area is 104 Å². The molecule has 1 aromatic carbocycles. The molecule has 0 unspecified atom stereocenters. The van der Waals surface area contributed by atoms with Crippen LogP contribution in [0, 0.1) is 17.2 Å². The van der Waals surface area contributed by atoms with Crippen molar-refractivity contribution in [3.8, 4) is 6.07 Å². The van der Waals surface area contributed by atoms with Gasteiger partial charge in [-0.3, -0.25) is 9.59 Å². The minimum absolute atomic E-state index is 0.130. The van der Waals surface area contributed by atoms with Gasteiger partial charge in [-0.15, -0.1) is 0 Å². The second kappa shape index (κ2) is 6.02. The Bertz CT molecular complexity index is 462. The molecule has 0 saturated heterocycles. The van der Waals surface area contributed by atoms with Gasteiger partial charge in [-0.25, -0.2) is 0 Å². The van der Waals surface area contributed by atoms with Crippen LogP contribution in [0.25, 0.3) is 0 Å². The third-order valence-corrected chi connectivity index (χ3v) is 2.29. The Morgan fingerprint density at radius 2 is 2.00 bits per heavy atom. The van der Waals surface area contributed by atoms with E-state index in [4.69, 9.17) is 16.9 Å². The lowest BCUT2D eigenvalue weighted by atomic mass is 9.99. The maximum atomic E-state index is 11.8. The summed E-state index contributed by atoms with van der Waals surface area (Å²) in [7, 11) is 0. The summed E-state index contributed by atoms with van der Waals surface area (Å²) in [6, 6.07) is 7.62. The van der Waals surface area contributed by atoms with Crippen LogP contribution in [0.15, 0.2) is 24.3 Å². The number of rotatable bonds is 4. The standard InChI is InChI=1S/C12H10ClNO3/c1-2-17-12(16)10(7-14)11(15)8-3-5-9(13)6-4-8/h3-6,10H,2H2,1H3/t10-/m1/s1. The predicted molar refractivity (Wildman–Crippen MR) is 61.5 cm³/mol. The quantitative estimate of drug-likeness (QED) is 0.468. The molecular formula is C12H10ClNO3. The van der Waals surface area contributed by atoms with Gasteiger partial charge in [-0.05, 0) is 31.2 Å². The summed E-state index contributed by atoms with van der Waals surface area (Å²) in [5, 5.41) is 9.29. The van der Waals surface area contributed by atoms with Crippen molar-refractivity contribution < 1.29 is 14.3 Å². The van der Waals surface area contributed by atoms with E-state index in [-0.39, 0.29) is 12.2 Å². The molecule has 5 heteroatoms. The molecule has 1 atom stereocenters. The van der Waals surface area contributed by atoms with Gasteiger partial charge in [0.1, 0.15) is 0 Å². The van der Waals surface area contributed by atoms with E-state index in [2.05, 4.69) is 4.74 Å². The largest absolute Gasteiger partial charge is 0.465 e. The van der Waals surface area contributed by atoms with Crippen molar-refractivity contribution in [1.29, 1.82) is 5.26 Å². The number of hydrogen-bond acceptors (Lipinski definition) is 4. The SMILES string of the molecule is CCOC(=O)[C@H](C#N)C(=O)c1ccc(Cl)cc1. The summed E-state index contributed by atoms with van der Waals surface area (Å²) in [5.74, 6) is -2.83. The van der Waals surface area contributed by atoms with E-state index in [1.54, 1.807) is 13.0 Å². The first-order valence-corrected chi connectivity index (χ1v) is 5.34. The first kappa shape index (κ1) is 13.2. The molecule has 0 spiro atoms. The van der Waals surface area contributed by atoms with Gasteiger partial charge in [0, 0.05) is 10.6 Å². The molecule has 0 bridgehead atoms. The van der Waals surface area contributed by atoms with Gasteiger partial charge >= 0.3 is 5.97 Å². The number of benzene rings is 1. The Morgan fingerprint density at radius 1 is 1.41 bits per heavy atom. The maximum absolute atomic E-state index is 11.8. The lowest BCUT2D eigenvalue weighted by molar-refractivity contribution is -0.144. The van der Waals surface area contributed by atoms with Crippen molar-refractivity contribution in [3.05, 3.63) is 34.9 Å². The molecule has 1 rings (SSSR count). The number of ketones is 1. The third-order valence-electron chi connectivity index (χ3n) is 2.04. The zero-order valence-corrected chi connectivity index (χ0v) is 9.90. The Morgan fingerprint density at radius 3 is 2.47 bits per heavy atom. The fraction of sp³-hybridized carbons (Fsp3) is 0.250. The number of nitrogens with zero attached hydrogens (tertiary/aromatic N) is 1.